The molecule has 0 radical (unpaired) electrons. The first-order valence-electron chi connectivity index (χ1n) is 9.34. The van der Waals surface area contributed by atoms with Crippen LogP contribution in [0.3, 0.4) is 0 Å². The summed E-state index contributed by atoms with van der Waals surface area (Å²) in [6.45, 7) is 16.9. The standard InChI is InChI=1S/C20H40N2O2/c1-14(2)15(13-19(3,4)5)18(24)22-16(11-9-10-12-21)17(23)20(6,7)8/h14-16H,9-13,21H2,1-8H3,(H,22,24). The minimum atomic E-state index is -0.460. The van der Waals surface area contributed by atoms with Gasteiger partial charge in [0.2, 0.25) is 5.91 Å². The topological polar surface area (TPSA) is 72.2 Å². The van der Waals surface area contributed by atoms with E-state index < -0.39 is 11.5 Å². The zero-order valence-corrected chi connectivity index (χ0v) is 17.2. The SMILES string of the molecule is CC(C)C(CC(C)(C)C)C(=O)NC(CCCCN)C(=O)C(C)(C)C. The highest BCUT2D eigenvalue weighted by Gasteiger charge is 2.34. The van der Waals surface area contributed by atoms with Crippen LogP contribution < -0.4 is 11.1 Å². The van der Waals surface area contributed by atoms with Gasteiger partial charge in [-0.05, 0) is 43.6 Å². The maximum atomic E-state index is 12.8. The number of carbonyl (C=O) groups is 2. The highest BCUT2D eigenvalue weighted by molar-refractivity contribution is 5.92. The Hall–Kier alpha value is -0.900. The van der Waals surface area contributed by atoms with Crippen LogP contribution >= 0.6 is 0 Å². The second-order valence-corrected chi connectivity index (χ2v) is 9.58. The zero-order valence-electron chi connectivity index (χ0n) is 17.2. The van der Waals surface area contributed by atoms with Crippen molar-refractivity contribution in [2.45, 2.75) is 87.1 Å². The Kier molecular flexibility index (Phi) is 9.19. The van der Waals surface area contributed by atoms with Crippen molar-refractivity contribution in [3.63, 3.8) is 0 Å². The van der Waals surface area contributed by atoms with Gasteiger partial charge in [0.1, 0.15) is 0 Å². The maximum absolute atomic E-state index is 12.8. The summed E-state index contributed by atoms with van der Waals surface area (Å²) >= 11 is 0. The van der Waals surface area contributed by atoms with Crippen molar-refractivity contribution in [3.05, 3.63) is 0 Å². The lowest BCUT2D eigenvalue weighted by Gasteiger charge is -2.31. The third-order valence-corrected chi connectivity index (χ3v) is 4.29. The largest absolute Gasteiger partial charge is 0.346 e. The summed E-state index contributed by atoms with van der Waals surface area (Å²) < 4.78 is 0. The van der Waals surface area contributed by atoms with Crippen LogP contribution in [0.25, 0.3) is 0 Å². The van der Waals surface area contributed by atoms with Crippen LogP contribution in [-0.2, 0) is 9.59 Å². The molecular formula is C20H40N2O2. The Morgan fingerprint density at radius 1 is 1.00 bits per heavy atom. The molecule has 0 aromatic rings. The molecule has 24 heavy (non-hydrogen) atoms. The Morgan fingerprint density at radius 2 is 1.54 bits per heavy atom. The van der Waals surface area contributed by atoms with E-state index in [1.165, 1.54) is 0 Å². The number of hydrogen-bond donors (Lipinski definition) is 2. The predicted octanol–water partition coefficient (Wildman–Crippen LogP) is 3.92. The molecule has 0 heterocycles. The molecule has 0 fully saturated rings. The molecule has 0 aliphatic rings. The number of nitrogens with one attached hydrogen (secondary N) is 1. The molecule has 3 N–H and O–H groups in total. The molecule has 1 amide bonds. The number of rotatable bonds is 9. The van der Waals surface area contributed by atoms with E-state index in [1.54, 1.807) is 0 Å². The van der Waals surface area contributed by atoms with Gasteiger partial charge in [-0.25, -0.2) is 0 Å². The van der Waals surface area contributed by atoms with E-state index >= 15 is 0 Å². The predicted molar refractivity (Wildman–Crippen MR) is 102 cm³/mol. The van der Waals surface area contributed by atoms with Gasteiger partial charge in [0.05, 0.1) is 6.04 Å². The van der Waals surface area contributed by atoms with Gasteiger partial charge in [0.25, 0.3) is 0 Å². The average Bonchev–Trinajstić information content (AvgIpc) is 2.40. The van der Waals surface area contributed by atoms with Crippen molar-refractivity contribution >= 4 is 11.7 Å². The summed E-state index contributed by atoms with van der Waals surface area (Å²) in [5, 5.41) is 3.06. The lowest BCUT2D eigenvalue weighted by atomic mass is 9.78. The molecule has 2 atom stereocenters. The van der Waals surface area contributed by atoms with Crippen LogP contribution in [0.5, 0.6) is 0 Å². The summed E-state index contributed by atoms with van der Waals surface area (Å²) in [4.78, 5) is 25.6. The molecule has 0 saturated heterocycles. The number of Topliss-reactive ketones (excluding diaryl/α,β-unsaturated/α-hetero) is 1. The van der Waals surface area contributed by atoms with Crippen molar-refractivity contribution in [2.75, 3.05) is 6.54 Å². The first-order chi connectivity index (χ1) is 10.8. The molecule has 0 bridgehead atoms. The van der Waals surface area contributed by atoms with Crippen LogP contribution in [-0.4, -0.2) is 24.3 Å². The molecular weight excluding hydrogens is 300 g/mol. The molecule has 0 aliphatic heterocycles. The van der Waals surface area contributed by atoms with E-state index in [4.69, 9.17) is 5.73 Å². The van der Waals surface area contributed by atoms with Gasteiger partial charge in [0.15, 0.2) is 5.78 Å². The van der Waals surface area contributed by atoms with Crippen molar-refractivity contribution < 1.29 is 9.59 Å². The van der Waals surface area contributed by atoms with Gasteiger partial charge in [-0.1, -0.05) is 55.4 Å². The summed E-state index contributed by atoms with van der Waals surface area (Å²) in [5.41, 5.74) is 5.18. The quantitative estimate of drug-likeness (QED) is 0.625. The molecule has 142 valence electrons. The average molecular weight is 341 g/mol. The fourth-order valence-corrected chi connectivity index (χ4v) is 2.85. The monoisotopic (exact) mass is 340 g/mol. The number of amides is 1. The summed E-state index contributed by atoms with van der Waals surface area (Å²) in [6, 6.07) is -0.412. The smallest absolute Gasteiger partial charge is 0.223 e. The number of nitrogens with two attached hydrogens (primary N) is 1. The highest BCUT2D eigenvalue weighted by atomic mass is 16.2. The minimum absolute atomic E-state index is 0.00951. The van der Waals surface area contributed by atoms with Gasteiger partial charge >= 0.3 is 0 Å². The molecule has 4 heteroatoms. The minimum Gasteiger partial charge on any atom is -0.346 e. The van der Waals surface area contributed by atoms with Gasteiger partial charge in [-0.2, -0.15) is 0 Å². The zero-order chi connectivity index (χ0) is 19.1. The summed E-state index contributed by atoms with van der Waals surface area (Å²) in [5.74, 6) is 0.287. The first-order valence-corrected chi connectivity index (χ1v) is 9.34. The molecule has 0 spiro atoms. The van der Waals surface area contributed by atoms with Gasteiger partial charge in [0, 0.05) is 11.3 Å². The van der Waals surface area contributed by atoms with E-state index in [-0.39, 0.29) is 28.9 Å². The molecule has 2 unspecified atom stereocenters. The second kappa shape index (κ2) is 9.55. The first kappa shape index (κ1) is 23.1. The van der Waals surface area contributed by atoms with Crippen molar-refractivity contribution in [1.82, 2.24) is 5.32 Å². The lowest BCUT2D eigenvalue weighted by Crippen LogP contribution is -2.48. The van der Waals surface area contributed by atoms with Crippen LogP contribution in [0.15, 0.2) is 0 Å². The third-order valence-electron chi connectivity index (χ3n) is 4.29. The summed E-state index contributed by atoms with van der Waals surface area (Å²) in [7, 11) is 0. The second-order valence-electron chi connectivity index (χ2n) is 9.58. The van der Waals surface area contributed by atoms with Gasteiger partial charge < -0.3 is 11.1 Å². The molecule has 0 aliphatic carbocycles. The Bertz CT molecular complexity index is 403. The van der Waals surface area contributed by atoms with Crippen molar-refractivity contribution in [1.29, 1.82) is 0 Å². The molecule has 4 nitrogen and oxygen atoms in total. The van der Waals surface area contributed by atoms with Crippen molar-refractivity contribution in [3.8, 4) is 0 Å². The van der Waals surface area contributed by atoms with Crippen molar-refractivity contribution in [2.24, 2.45) is 28.4 Å². The fourth-order valence-electron chi connectivity index (χ4n) is 2.85. The van der Waals surface area contributed by atoms with E-state index in [1.807, 2.05) is 20.8 Å². The van der Waals surface area contributed by atoms with Crippen LogP contribution in [0.1, 0.15) is 81.1 Å². The van der Waals surface area contributed by atoms with E-state index in [0.717, 1.165) is 19.3 Å². The van der Waals surface area contributed by atoms with E-state index in [9.17, 15) is 9.59 Å². The number of hydrogen-bond acceptors (Lipinski definition) is 3. The van der Waals surface area contributed by atoms with Crippen LogP contribution in [0.4, 0.5) is 0 Å². The Balaban J connectivity index is 5.14. The van der Waals surface area contributed by atoms with Crippen LogP contribution in [0.2, 0.25) is 0 Å². The highest BCUT2D eigenvalue weighted by Crippen LogP contribution is 2.29. The molecule has 0 aromatic carbocycles. The molecule has 0 saturated carbocycles. The Morgan fingerprint density at radius 3 is 1.92 bits per heavy atom. The van der Waals surface area contributed by atoms with Gasteiger partial charge in [-0.3, -0.25) is 9.59 Å². The number of carbonyl (C=O) groups excluding carboxylic acids is 2. The van der Waals surface area contributed by atoms with Gasteiger partial charge in [-0.15, -0.1) is 0 Å². The maximum Gasteiger partial charge on any atom is 0.223 e. The number of ketones is 1. The number of unbranched alkanes of at least 4 members (excludes halogenated alkanes) is 1. The van der Waals surface area contributed by atoms with Crippen LogP contribution in [0, 0.1) is 22.7 Å². The molecule has 0 rings (SSSR count). The Labute approximate surface area is 149 Å². The fraction of sp³-hybridized carbons (Fsp3) is 0.900. The normalized spacial score (nSPS) is 15.2. The van der Waals surface area contributed by atoms with E-state index in [2.05, 4.69) is 39.9 Å². The third kappa shape index (κ3) is 8.81. The molecule has 0 aromatic heterocycles. The van der Waals surface area contributed by atoms with E-state index in [0.29, 0.717) is 13.0 Å². The summed E-state index contributed by atoms with van der Waals surface area (Å²) in [6.07, 6.45) is 3.21. The lowest BCUT2D eigenvalue weighted by molar-refractivity contribution is -0.135.